The van der Waals surface area contributed by atoms with E-state index in [4.69, 9.17) is 10.00 Å². The number of aromatic nitrogens is 1. The van der Waals surface area contributed by atoms with Crippen molar-refractivity contribution in [1.82, 2.24) is 4.98 Å². The number of rotatable bonds is 4. The highest BCUT2D eigenvalue weighted by Gasteiger charge is 2.06. The average molecular weight is 252 g/mol. The normalized spacial score (nSPS) is 9.68. The zero-order chi connectivity index (χ0) is 13.7. The van der Waals surface area contributed by atoms with Crippen LogP contribution in [-0.2, 0) is 0 Å². The van der Waals surface area contributed by atoms with Gasteiger partial charge in [-0.15, -0.1) is 0 Å². The van der Waals surface area contributed by atoms with E-state index in [2.05, 4.69) is 11.1 Å². The lowest BCUT2D eigenvalue weighted by Gasteiger charge is -2.07. The predicted octanol–water partition coefficient (Wildman–Crippen LogP) is 3.34. The minimum atomic E-state index is -0.0102. The SMILES string of the molecule is CCC(=O)c1ccc(Oc2ccccc2C#N)cn1. The first kappa shape index (κ1) is 12.8. The number of hydrogen-bond donors (Lipinski definition) is 0. The van der Waals surface area contributed by atoms with E-state index in [-0.39, 0.29) is 5.78 Å². The number of nitrogens with zero attached hydrogens (tertiary/aromatic N) is 2. The van der Waals surface area contributed by atoms with E-state index in [0.717, 1.165) is 0 Å². The second-order valence-corrected chi connectivity index (χ2v) is 3.87. The quantitative estimate of drug-likeness (QED) is 0.783. The van der Waals surface area contributed by atoms with Crippen LogP contribution in [0.15, 0.2) is 42.6 Å². The highest BCUT2D eigenvalue weighted by molar-refractivity contribution is 5.93. The highest BCUT2D eigenvalue weighted by Crippen LogP contribution is 2.24. The molecule has 1 heterocycles. The number of ether oxygens (including phenoxy) is 1. The molecule has 2 rings (SSSR count). The van der Waals surface area contributed by atoms with Crippen molar-refractivity contribution in [1.29, 1.82) is 5.26 Å². The first-order valence-electron chi connectivity index (χ1n) is 5.91. The summed E-state index contributed by atoms with van der Waals surface area (Å²) in [5.74, 6) is 0.959. The summed E-state index contributed by atoms with van der Waals surface area (Å²) in [6, 6.07) is 12.3. The molecule has 1 aromatic carbocycles. The monoisotopic (exact) mass is 252 g/mol. The Labute approximate surface area is 111 Å². The zero-order valence-corrected chi connectivity index (χ0v) is 10.5. The van der Waals surface area contributed by atoms with Crippen molar-refractivity contribution in [3.8, 4) is 17.6 Å². The summed E-state index contributed by atoms with van der Waals surface area (Å²) in [5, 5.41) is 8.95. The molecule has 0 bridgehead atoms. The zero-order valence-electron chi connectivity index (χ0n) is 10.5. The fourth-order valence-electron chi connectivity index (χ4n) is 1.56. The van der Waals surface area contributed by atoms with Crippen molar-refractivity contribution in [2.75, 3.05) is 0 Å². The Kier molecular flexibility index (Phi) is 3.89. The van der Waals surface area contributed by atoms with Crippen molar-refractivity contribution >= 4 is 5.78 Å². The minimum absolute atomic E-state index is 0.0102. The van der Waals surface area contributed by atoms with Crippen LogP contribution in [-0.4, -0.2) is 10.8 Å². The molecule has 0 saturated heterocycles. The Balaban J connectivity index is 2.20. The fourth-order valence-corrected chi connectivity index (χ4v) is 1.56. The van der Waals surface area contributed by atoms with E-state index in [0.29, 0.717) is 29.2 Å². The number of pyridine rings is 1. The lowest BCUT2D eigenvalue weighted by Crippen LogP contribution is -1.99. The van der Waals surface area contributed by atoms with Crippen LogP contribution in [0.4, 0.5) is 0 Å². The second-order valence-electron chi connectivity index (χ2n) is 3.87. The van der Waals surface area contributed by atoms with Crippen LogP contribution in [0.3, 0.4) is 0 Å². The Morgan fingerprint density at radius 3 is 2.74 bits per heavy atom. The summed E-state index contributed by atoms with van der Waals surface area (Å²) in [6.07, 6.45) is 1.90. The van der Waals surface area contributed by atoms with Gasteiger partial charge >= 0.3 is 0 Å². The summed E-state index contributed by atoms with van der Waals surface area (Å²) in [5.41, 5.74) is 0.875. The number of Topliss-reactive ketones (excluding diaryl/α,β-unsaturated/α-hetero) is 1. The van der Waals surface area contributed by atoms with Crippen molar-refractivity contribution in [2.45, 2.75) is 13.3 Å². The molecule has 2 aromatic rings. The molecule has 4 heteroatoms. The van der Waals surface area contributed by atoms with Gasteiger partial charge in [-0.05, 0) is 24.3 Å². The second kappa shape index (κ2) is 5.78. The molecule has 0 aliphatic rings. The predicted molar refractivity (Wildman–Crippen MR) is 70.1 cm³/mol. The fraction of sp³-hybridized carbons (Fsp3) is 0.133. The highest BCUT2D eigenvalue weighted by atomic mass is 16.5. The average Bonchev–Trinajstić information content (AvgIpc) is 2.48. The van der Waals surface area contributed by atoms with Gasteiger partial charge in [0.25, 0.3) is 0 Å². The molecule has 0 atom stereocenters. The molecule has 19 heavy (non-hydrogen) atoms. The molecule has 0 spiro atoms. The van der Waals surface area contributed by atoms with Gasteiger partial charge < -0.3 is 4.74 Å². The molecule has 0 N–H and O–H groups in total. The van der Waals surface area contributed by atoms with Crippen LogP contribution < -0.4 is 4.74 Å². The first-order valence-corrected chi connectivity index (χ1v) is 5.91. The maximum absolute atomic E-state index is 11.4. The van der Waals surface area contributed by atoms with E-state index >= 15 is 0 Å². The van der Waals surface area contributed by atoms with E-state index in [1.54, 1.807) is 43.3 Å². The van der Waals surface area contributed by atoms with E-state index in [1.165, 1.54) is 6.20 Å². The molecule has 0 saturated carbocycles. The van der Waals surface area contributed by atoms with Gasteiger partial charge in [-0.1, -0.05) is 19.1 Å². The van der Waals surface area contributed by atoms with Gasteiger partial charge in [0.05, 0.1) is 11.8 Å². The molecular formula is C15H12N2O2. The van der Waals surface area contributed by atoms with Crippen LogP contribution in [0.25, 0.3) is 0 Å². The summed E-state index contributed by atoms with van der Waals surface area (Å²) >= 11 is 0. The van der Waals surface area contributed by atoms with Crippen molar-refractivity contribution < 1.29 is 9.53 Å². The summed E-state index contributed by atoms with van der Waals surface area (Å²) in [6.45, 7) is 1.79. The van der Waals surface area contributed by atoms with Crippen LogP contribution in [0.1, 0.15) is 29.4 Å². The molecule has 0 radical (unpaired) electrons. The third kappa shape index (κ3) is 2.96. The number of nitriles is 1. The van der Waals surface area contributed by atoms with Gasteiger partial charge in [-0.2, -0.15) is 5.26 Å². The standard InChI is InChI=1S/C15H12N2O2/c1-2-14(18)13-8-7-12(10-17-13)19-15-6-4-3-5-11(15)9-16/h3-8,10H,2H2,1H3. The Morgan fingerprint density at radius 2 is 2.11 bits per heavy atom. The van der Waals surface area contributed by atoms with Gasteiger partial charge in [0.2, 0.25) is 0 Å². The molecule has 0 fully saturated rings. The lowest BCUT2D eigenvalue weighted by atomic mass is 10.2. The van der Waals surface area contributed by atoms with Crippen molar-refractivity contribution in [2.24, 2.45) is 0 Å². The minimum Gasteiger partial charge on any atom is -0.454 e. The number of benzene rings is 1. The van der Waals surface area contributed by atoms with Crippen LogP contribution in [0, 0.1) is 11.3 Å². The Hall–Kier alpha value is -2.67. The van der Waals surface area contributed by atoms with Crippen LogP contribution in [0.2, 0.25) is 0 Å². The Bertz CT molecular complexity index is 627. The van der Waals surface area contributed by atoms with Gasteiger partial charge in [0.1, 0.15) is 23.3 Å². The molecule has 0 amide bonds. The number of para-hydroxylation sites is 1. The van der Waals surface area contributed by atoms with E-state index < -0.39 is 0 Å². The molecule has 94 valence electrons. The van der Waals surface area contributed by atoms with Crippen molar-refractivity contribution in [3.05, 3.63) is 53.9 Å². The summed E-state index contributed by atoms with van der Waals surface area (Å²) in [4.78, 5) is 15.5. The Morgan fingerprint density at radius 1 is 1.32 bits per heavy atom. The largest absolute Gasteiger partial charge is 0.454 e. The third-order valence-corrected chi connectivity index (χ3v) is 2.58. The van der Waals surface area contributed by atoms with Crippen LogP contribution >= 0.6 is 0 Å². The molecule has 4 nitrogen and oxygen atoms in total. The topological polar surface area (TPSA) is 63.0 Å². The number of ketones is 1. The summed E-state index contributed by atoms with van der Waals surface area (Å²) < 4.78 is 5.57. The first-order chi connectivity index (χ1) is 9.24. The molecule has 0 unspecified atom stereocenters. The third-order valence-electron chi connectivity index (χ3n) is 2.58. The molecule has 1 aromatic heterocycles. The van der Waals surface area contributed by atoms with Gasteiger partial charge in [0.15, 0.2) is 5.78 Å². The lowest BCUT2D eigenvalue weighted by molar-refractivity contribution is 0.0983. The maximum atomic E-state index is 11.4. The van der Waals surface area contributed by atoms with Crippen molar-refractivity contribution in [3.63, 3.8) is 0 Å². The van der Waals surface area contributed by atoms with Crippen LogP contribution in [0.5, 0.6) is 11.5 Å². The number of carbonyl (C=O) groups excluding carboxylic acids is 1. The smallest absolute Gasteiger partial charge is 0.180 e. The number of hydrogen-bond acceptors (Lipinski definition) is 4. The molecule has 0 aliphatic heterocycles. The van der Waals surface area contributed by atoms with E-state index in [1.807, 2.05) is 0 Å². The molecular weight excluding hydrogens is 240 g/mol. The molecule has 0 aliphatic carbocycles. The van der Waals surface area contributed by atoms with Gasteiger partial charge in [-0.25, -0.2) is 4.98 Å². The number of carbonyl (C=O) groups is 1. The summed E-state index contributed by atoms with van der Waals surface area (Å²) in [7, 11) is 0. The van der Waals surface area contributed by atoms with E-state index in [9.17, 15) is 4.79 Å². The van der Waals surface area contributed by atoms with Gasteiger partial charge in [-0.3, -0.25) is 4.79 Å². The maximum Gasteiger partial charge on any atom is 0.180 e. The van der Waals surface area contributed by atoms with Gasteiger partial charge in [0, 0.05) is 6.42 Å².